The van der Waals surface area contributed by atoms with Gasteiger partial charge in [-0.05, 0) is 61.9 Å². The highest BCUT2D eigenvalue weighted by Crippen LogP contribution is 2.32. The molecule has 10 heteroatoms. The van der Waals surface area contributed by atoms with E-state index in [0.717, 1.165) is 30.6 Å². The molecule has 0 bridgehead atoms. The fourth-order valence-electron chi connectivity index (χ4n) is 5.54. The Morgan fingerprint density at radius 3 is 2.61 bits per heavy atom. The van der Waals surface area contributed by atoms with Crippen LogP contribution in [0.15, 0.2) is 53.4 Å². The second kappa shape index (κ2) is 10.8. The Bertz CT molecular complexity index is 1390. The molecule has 2 fully saturated rings. The maximum atomic E-state index is 13.5. The maximum Gasteiger partial charge on any atom is 0.317 e. The lowest BCUT2D eigenvalue weighted by Crippen LogP contribution is -2.48. The molecule has 1 saturated heterocycles. The van der Waals surface area contributed by atoms with Gasteiger partial charge in [0.1, 0.15) is 23.5 Å². The normalized spacial score (nSPS) is 17.1. The van der Waals surface area contributed by atoms with Crippen molar-refractivity contribution >= 4 is 17.8 Å². The van der Waals surface area contributed by atoms with Crippen molar-refractivity contribution in [2.75, 3.05) is 25.0 Å². The zero-order valence-corrected chi connectivity index (χ0v) is 21.3. The lowest BCUT2D eigenvalue weighted by atomic mass is 9.89. The van der Waals surface area contributed by atoms with E-state index in [0.29, 0.717) is 42.2 Å². The van der Waals surface area contributed by atoms with E-state index >= 15 is 0 Å². The molecule has 1 aromatic carbocycles. The van der Waals surface area contributed by atoms with Gasteiger partial charge >= 0.3 is 11.9 Å². The van der Waals surface area contributed by atoms with E-state index in [2.05, 4.69) is 20.6 Å². The molecule has 3 aromatic heterocycles. The Hall–Kier alpha value is -3.95. The van der Waals surface area contributed by atoms with Gasteiger partial charge in [0, 0.05) is 43.6 Å². The first kappa shape index (κ1) is 24.4. The number of urea groups is 1. The minimum atomic E-state index is -0.306. The van der Waals surface area contributed by atoms with E-state index in [-0.39, 0.29) is 17.9 Å². The fraction of sp³-hybridized carbons (Fsp3) is 0.429. The molecule has 9 nitrogen and oxygen atoms in total. The van der Waals surface area contributed by atoms with Crippen molar-refractivity contribution in [1.29, 1.82) is 0 Å². The van der Waals surface area contributed by atoms with Crippen LogP contribution in [-0.2, 0) is 0 Å². The quantitative estimate of drug-likeness (QED) is 0.357. The van der Waals surface area contributed by atoms with E-state index in [1.54, 1.807) is 30.8 Å². The van der Waals surface area contributed by atoms with Gasteiger partial charge in [-0.2, -0.15) is 4.98 Å². The number of likely N-dealkylation sites (tertiary alicyclic amines) is 1. The van der Waals surface area contributed by atoms with Crippen molar-refractivity contribution in [1.82, 2.24) is 29.6 Å². The molecular weight excluding hydrogens is 485 g/mol. The zero-order valence-electron chi connectivity index (χ0n) is 21.3. The molecule has 38 heavy (non-hydrogen) atoms. The number of halogens is 1. The highest BCUT2D eigenvalue weighted by atomic mass is 19.1. The smallest absolute Gasteiger partial charge is 0.317 e. The molecule has 1 aliphatic heterocycles. The predicted octanol–water partition coefficient (Wildman–Crippen LogP) is 5.36. The second-order valence-corrected chi connectivity index (χ2v) is 10.2. The third kappa shape index (κ3) is 5.20. The number of amides is 2. The molecule has 1 saturated carbocycles. The van der Waals surface area contributed by atoms with Gasteiger partial charge in [0.25, 0.3) is 0 Å². The Morgan fingerprint density at radius 1 is 1.03 bits per heavy atom. The summed E-state index contributed by atoms with van der Waals surface area (Å²) in [6.07, 6.45) is 13.0. The summed E-state index contributed by atoms with van der Waals surface area (Å²) in [7, 11) is 0. The van der Waals surface area contributed by atoms with Crippen LogP contribution in [-0.4, -0.2) is 56.0 Å². The van der Waals surface area contributed by atoms with Gasteiger partial charge in [-0.3, -0.25) is 4.40 Å². The summed E-state index contributed by atoms with van der Waals surface area (Å²) >= 11 is 0. The number of benzene rings is 1. The third-order valence-electron chi connectivity index (χ3n) is 7.66. The number of nitrogens with one attached hydrogen (secondary N) is 2. The van der Waals surface area contributed by atoms with E-state index in [4.69, 9.17) is 9.40 Å². The summed E-state index contributed by atoms with van der Waals surface area (Å²) in [5.74, 6) is 1.27. The number of hydrogen-bond donors (Lipinski definition) is 2. The number of oxazole rings is 1. The van der Waals surface area contributed by atoms with E-state index in [1.165, 1.54) is 44.2 Å². The van der Waals surface area contributed by atoms with E-state index in [9.17, 15) is 9.18 Å². The van der Waals surface area contributed by atoms with Gasteiger partial charge in [0.05, 0.1) is 5.69 Å². The van der Waals surface area contributed by atoms with Gasteiger partial charge in [-0.1, -0.05) is 19.3 Å². The second-order valence-electron chi connectivity index (χ2n) is 10.2. The first-order valence-electron chi connectivity index (χ1n) is 13.5. The Balaban J connectivity index is 1.12. The lowest BCUT2D eigenvalue weighted by Gasteiger charge is -2.33. The highest BCUT2D eigenvalue weighted by Gasteiger charge is 2.25. The number of carbonyl (C=O) groups excluding carboxylic acids is 1. The lowest BCUT2D eigenvalue weighted by molar-refractivity contribution is 0.180. The molecule has 198 valence electrons. The molecule has 2 N–H and O–H groups in total. The van der Waals surface area contributed by atoms with Crippen LogP contribution in [0.3, 0.4) is 0 Å². The first-order valence-corrected chi connectivity index (χ1v) is 13.5. The topological polar surface area (TPSA) is 101 Å². The van der Waals surface area contributed by atoms with Crippen molar-refractivity contribution < 1.29 is 13.6 Å². The molecule has 0 radical (unpaired) electrons. The van der Waals surface area contributed by atoms with Gasteiger partial charge in [0.2, 0.25) is 5.95 Å². The third-order valence-corrected chi connectivity index (χ3v) is 7.66. The molecule has 0 spiro atoms. The van der Waals surface area contributed by atoms with Crippen molar-refractivity contribution in [3.8, 4) is 22.6 Å². The SMILES string of the molecule is O=C(NCC1CCCCC1)N1CCC(Nc2nccc(-c3c(-c4ccc(F)cc4)nc4occn34)n2)CC1. The average molecular weight is 518 g/mol. The summed E-state index contributed by atoms with van der Waals surface area (Å²) in [6.45, 7) is 2.18. The molecule has 6 rings (SSSR count). The van der Waals surface area contributed by atoms with Crippen molar-refractivity contribution in [2.24, 2.45) is 5.92 Å². The number of anilines is 1. The van der Waals surface area contributed by atoms with Crippen molar-refractivity contribution in [3.63, 3.8) is 0 Å². The Morgan fingerprint density at radius 2 is 1.82 bits per heavy atom. The molecule has 2 aliphatic rings. The van der Waals surface area contributed by atoms with Crippen LogP contribution in [0, 0.1) is 11.7 Å². The summed E-state index contributed by atoms with van der Waals surface area (Å²) in [5, 5.41) is 6.60. The van der Waals surface area contributed by atoms with E-state index in [1.807, 2.05) is 15.4 Å². The number of hydrogen-bond acceptors (Lipinski definition) is 6. The van der Waals surface area contributed by atoms with Crippen LogP contribution >= 0.6 is 0 Å². The molecule has 0 atom stereocenters. The van der Waals surface area contributed by atoms with Crippen LogP contribution in [0.1, 0.15) is 44.9 Å². The number of nitrogens with zero attached hydrogens (tertiary/aromatic N) is 5. The number of piperidine rings is 1. The standard InChI is InChI=1S/C28H32FN7O2/c29-21-8-6-20(7-9-21)24-25(36-16-17-38-28(36)34-24)23-10-13-30-26(33-23)32-22-11-14-35(15-12-22)27(37)31-18-19-4-2-1-3-5-19/h6-10,13,16-17,19,22H,1-5,11-12,14-15,18H2,(H,31,37)(H,30,32,33). The van der Waals surface area contributed by atoms with Crippen LogP contribution in [0.2, 0.25) is 0 Å². The van der Waals surface area contributed by atoms with E-state index < -0.39 is 0 Å². The number of aromatic nitrogens is 4. The van der Waals surface area contributed by atoms with Crippen LogP contribution in [0.4, 0.5) is 15.1 Å². The molecular formula is C28H32FN7O2. The number of fused-ring (bicyclic) bond motifs is 1. The van der Waals surface area contributed by atoms with Crippen LogP contribution in [0.5, 0.6) is 0 Å². The van der Waals surface area contributed by atoms with Crippen molar-refractivity contribution in [2.45, 2.75) is 51.0 Å². The number of rotatable bonds is 6. The van der Waals surface area contributed by atoms with Gasteiger partial charge in [-0.25, -0.2) is 19.2 Å². The number of imidazole rings is 1. The predicted molar refractivity (Wildman–Crippen MR) is 142 cm³/mol. The van der Waals surface area contributed by atoms with Gasteiger partial charge < -0.3 is 20.0 Å². The largest absolute Gasteiger partial charge is 0.432 e. The summed E-state index contributed by atoms with van der Waals surface area (Å²) in [4.78, 5) is 28.4. The Labute approximate surface area is 220 Å². The fourth-order valence-corrected chi connectivity index (χ4v) is 5.54. The van der Waals surface area contributed by atoms with Gasteiger partial charge in [0.15, 0.2) is 0 Å². The van der Waals surface area contributed by atoms with Crippen LogP contribution < -0.4 is 10.6 Å². The molecule has 2 amide bonds. The van der Waals surface area contributed by atoms with Crippen LogP contribution in [0.25, 0.3) is 28.5 Å². The average Bonchev–Trinajstić information content (AvgIpc) is 3.55. The highest BCUT2D eigenvalue weighted by molar-refractivity contribution is 5.79. The summed E-state index contributed by atoms with van der Waals surface area (Å²) < 4.78 is 20.9. The number of carbonyl (C=O) groups is 1. The minimum absolute atomic E-state index is 0.0467. The minimum Gasteiger partial charge on any atom is -0.432 e. The monoisotopic (exact) mass is 517 g/mol. The maximum absolute atomic E-state index is 13.5. The summed E-state index contributed by atoms with van der Waals surface area (Å²) in [5.41, 5.74) is 2.84. The zero-order chi connectivity index (χ0) is 25.9. The summed E-state index contributed by atoms with van der Waals surface area (Å²) in [6, 6.07) is 8.26. The first-order chi connectivity index (χ1) is 18.6. The Kier molecular flexibility index (Phi) is 6.94. The molecule has 0 unspecified atom stereocenters. The molecule has 4 heterocycles. The van der Waals surface area contributed by atoms with Gasteiger partial charge in [-0.15, -0.1) is 0 Å². The van der Waals surface area contributed by atoms with Crippen molar-refractivity contribution in [3.05, 3.63) is 54.8 Å². The molecule has 1 aliphatic carbocycles. The molecule has 4 aromatic rings.